The van der Waals surface area contributed by atoms with E-state index in [4.69, 9.17) is 0 Å². The number of aromatic nitrogens is 2. The monoisotopic (exact) mass is 604 g/mol. The van der Waals surface area contributed by atoms with Crippen molar-refractivity contribution in [3.05, 3.63) is 18.0 Å². The molecule has 0 aromatic carbocycles. The van der Waals surface area contributed by atoms with Gasteiger partial charge in [0.25, 0.3) is 0 Å². The van der Waals surface area contributed by atoms with Crippen LogP contribution in [0.25, 0.3) is 0 Å². The minimum absolute atomic E-state index is 0. The van der Waals surface area contributed by atoms with E-state index in [0.717, 1.165) is 5.56 Å². The van der Waals surface area contributed by atoms with Crippen LogP contribution in [0.3, 0.4) is 0 Å². The van der Waals surface area contributed by atoms with Gasteiger partial charge < -0.3 is 27.7 Å². The van der Waals surface area contributed by atoms with Gasteiger partial charge in [-0.3, -0.25) is 0 Å². The van der Waals surface area contributed by atoms with Gasteiger partial charge in [-0.05, 0) is 13.8 Å². The second-order valence-corrected chi connectivity index (χ2v) is 3.33. The predicted molar refractivity (Wildman–Crippen MR) is 44.4 cm³/mol. The van der Waals surface area contributed by atoms with Crippen molar-refractivity contribution in [2.75, 3.05) is 0 Å². The SMILES string of the molecule is CC(C)c1[c-]nn(C(C)C)[c-]1.[Re].[Rf]. The second kappa shape index (κ2) is 5.51. The molecule has 0 aliphatic carbocycles. The molecule has 0 unspecified atom stereocenters. The summed E-state index contributed by atoms with van der Waals surface area (Å²) in [6.07, 6.45) is 6.11. The van der Waals surface area contributed by atoms with Crippen LogP contribution in [0.2, 0.25) is 0 Å². The van der Waals surface area contributed by atoms with Gasteiger partial charge in [0.2, 0.25) is 0 Å². The number of hydrogen-bond acceptors (Lipinski definition) is 1. The van der Waals surface area contributed by atoms with Crippen molar-refractivity contribution in [2.45, 2.75) is 39.7 Å². The van der Waals surface area contributed by atoms with Gasteiger partial charge in [-0.2, -0.15) is 0 Å². The van der Waals surface area contributed by atoms with Crippen molar-refractivity contribution >= 4 is 0 Å². The summed E-state index contributed by atoms with van der Waals surface area (Å²) < 4.78 is 1.81. The Morgan fingerprint density at radius 1 is 1.23 bits per heavy atom. The van der Waals surface area contributed by atoms with Crippen molar-refractivity contribution in [1.29, 1.82) is 0 Å². The van der Waals surface area contributed by atoms with E-state index in [-0.39, 0.29) is 20.4 Å². The third-order valence-electron chi connectivity index (χ3n) is 1.58. The molecule has 0 amide bonds. The molecule has 2 nitrogen and oxygen atoms in total. The molecule has 0 aliphatic rings. The van der Waals surface area contributed by atoms with Crippen molar-refractivity contribution in [1.82, 2.24) is 9.78 Å². The standard InChI is InChI=1S/C9H14N2.Re.Rf/c1-7(2)9-5-10-11(6-9)8(3)4;;/h7-8H,1-4H3;;/q-2;;. The van der Waals surface area contributed by atoms with Gasteiger partial charge in [-0.25, -0.2) is 0 Å². The van der Waals surface area contributed by atoms with Crippen LogP contribution in [-0.4, -0.2) is 9.78 Å². The molecule has 1 heterocycles. The summed E-state index contributed by atoms with van der Waals surface area (Å²) in [5, 5.41) is 4.07. The summed E-state index contributed by atoms with van der Waals surface area (Å²) >= 11 is 0. The zero-order valence-corrected chi connectivity index (χ0v) is 17.7. The van der Waals surface area contributed by atoms with Crippen LogP contribution >= 0.6 is 0 Å². The fourth-order valence-electron chi connectivity index (χ4n) is 0.784. The Bertz CT molecular complexity index is 211. The van der Waals surface area contributed by atoms with Gasteiger partial charge in [-0.1, -0.05) is 19.8 Å². The smallest absolute Gasteiger partial charge is 0.00729 e. The Hall–Kier alpha value is -1.13. The molecule has 0 spiro atoms. The van der Waals surface area contributed by atoms with Gasteiger partial charge >= 0.3 is 0 Å². The number of hydrogen-bond donors (Lipinski definition) is 0. The maximum absolute atomic E-state index is 4.07. The van der Waals surface area contributed by atoms with E-state index >= 15 is 0 Å². The van der Waals surface area contributed by atoms with Crippen LogP contribution in [0.1, 0.15) is 45.2 Å². The molecule has 4 heteroatoms. The summed E-state index contributed by atoms with van der Waals surface area (Å²) in [6.45, 7) is 8.41. The molecule has 1 aromatic rings. The molecule has 1 aromatic heterocycles. The molecule has 1 radical (unpaired) electrons. The minimum Gasteiger partial charge on any atom is -0.482 e. The van der Waals surface area contributed by atoms with E-state index in [1.807, 2.05) is 4.68 Å². The first-order chi connectivity index (χ1) is 5.11. The van der Waals surface area contributed by atoms with Crippen molar-refractivity contribution < 1.29 is 20.4 Å². The molecule has 0 saturated carbocycles. The Balaban J connectivity index is 0. The molecule has 0 bridgehead atoms. The minimum atomic E-state index is 0. The maximum atomic E-state index is 4.07. The Kier molecular flexibility index (Phi) is 6.10. The zero-order valence-electron chi connectivity index (χ0n) is 8.63. The van der Waals surface area contributed by atoms with E-state index in [1.165, 1.54) is 0 Å². The van der Waals surface area contributed by atoms with Crippen LogP contribution in [-0.2, 0) is 20.4 Å². The molecule has 0 atom stereocenters. The van der Waals surface area contributed by atoms with Gasteiger partial charge in [0.1, 0.15) is 0 Å². The van der Waals surface area contributed by atoms with E-state index in [2.05, 4.69) is 45.2 Å². The van der Waals surface area contributed by atoms with E-state index in [1.54, 1.807) is 0 Å². The molecule has 13 heavy (non-hydrogen) atoms. The molecular weight excluding hydrogens is 589 g/mol. The molecule has 0 N–H and O–H groups in total. The molecule has 0 saturated heterocycles. The first-order valence-electron chi connectivity index (χ1n) is 4.00. The maximum Gasteiger partial charge on any atom is 0.00729 e. The summed E-state index contributed by atoms with van der Waals surface area (Å²) in [5.41, 5.74) is 1.07. The fourth-order valence-corrected chi connectivity index (χ4v) is 0.784. The average molecular weight is 603 g/mol. The predicted octanol–water partition coefficient (Wildman–Crippen LogP) is 2.19. The molecule has 1 rings (SSSR count). The van der Waals surface area contributed by atoms with Crippen molar-refractivity contribution in [3.8, 4) is 0 Å². The van der Waals surface area contributed by atoms with Crippen LogP contribution in [0.5, 0.6) is 0 Å². The molecular formula is C9H14N2ReRf-2. The summed E-state index contributed by atoms with van der Waals surface area (Å²) in [4.78, 5) is 0. The molecule has 71 valence electrons. The molecule has 0 fully saturated rings. The Morgan fingerprint density at radius 3 is 2.00 bits per heavy atom. The number of rotatable bonds is 2. The van der Waals surface area contributed by atoms with Crippen molar-refractivity contribution in [2.24, 2.45) is 0 Å². The third-order valence-corrected chi connectivity index (χ3v) is 1.58. The summed E-state index contributed by atoms with van der Waals surface area (Å²) in [7, 11) is 0. The van der Waals surface area contributed by atoms with Gasteiger partial charge in [-0.15, -0.1) is 0 Å². The first kappa shape index (κ1) is 14.4. The first-order valence-corrected chi connectivity index (χ1v) is 4.00. The van der Waals surface area contributed by atoms with E-state index in [9.17, 15) is 0 Å². The largest absolute Gasteiger partial charge is 0.482 e. The summed E-state index contributed by atoms with van der Waals surface area (Å²) in [5.74, 6) is 0.475. The normalized spacial score (nSPS) is 9.69. The second-order valence-electron chi connectivity index (χ2n) is 3.33. The topological polar surface area (TPSA) is 17.8 Å². The average Bonchev–Trinajstić information content (AvgIpc) is 2.33. The fraction of sp³-hybridized carbons (Fsp3) is 0.667. The zero-order chi connectivity index (χ0) is 8.43. The Morgan fingerprint density at radius 2 is 1.77 bits per heavy atom. The van der Waals surface area contributed by atoms with Crippen LogP contribution in [0, 0.1) is 12.4 Å². The van der Waals surface area contributed by atoms with Crippen LogP contribution in [0.15, 0.2) is 0 Å². The quantitative estimate of drug-likeness (QED) is 0.475. The third kappa shape index (κ3) is 3.40. The van der Waals surface area contributed by atoms with Crippen LogP contribution < -0.4 is 0 Å². The van der Waals surface area contributed by atoms with Gasteiger partial charge in [0, 0.05) is 26.5 Å². The van der Waals surface area contributed by atoms with Gasteiger partial charge in [0.15, 0.2) is 0 Å². The van der Waals surface area contributed by atoms with Gasteiger partial charge in [0.05, 0.1) is 0 Å². The van der Waals surface area contributed by atoms with E-state index < -0.39 is 0 Å². The molecule has 0 aliphatic heterocycles. The number of nitrogens with zero attached hydrogens (tertiary/aromatic N) is 2. The van der Waals surface area contributed by atoms with Crippen LogP contribution in [0.4, 0.5) is 0 Å². The Labute approximate surface area is 88.0 Å². The van der Waals surface area contributed by atoms with Crippen molar-refractivity contribution in [3.63, 3.8) is 0 Å². The summed E-state index contributed by atoms with van der Waals surface area (Å²) in [6, 6.07) is 0.388. The van der Waals surface area contributed by atoms with E-state index in [0.29, 0.717) is 12.0 Å².